The number of nitrogens with zero attached hydrogens (tertiary/aromatic N) is 1. The Balaban J connectivity index is 2.11. The summed E-state index contributed by atoms with van der Waals surface area (Å²) in [5.74, 6) is 0.458. The summed E-state index contributed by atoms with van der Waals surface area (Å²) in [6.07, 6.45) is 7.60. The van der Waals surface area contributed by atoms with Gasteiger partial charge in [0.1, 0.15) is 0 Å². The number of carbonyl (C=O) groups is 1. The lowest BCUT2D eigenvalue weighted by Crippen LogP contribution is -2.54. The molecule has 2 heterocycles. The molecule has 2 unspecified atom stereocenters. The van der Waals surface area contributed by atoms with E-state index in [0.29, 0.717) is 11.8 Å². The van der Waals surface area contributed by atoms with Gasteiger partial charge in [0, 0.05) is 11.5 Å². The van der Waals surface area contributed by atoms with E-state index in [9.17, 15) is 4.79 Å². The molecule has 0 aromatic carbocycles. The quantitative estimate of drug-likeness (QED) is 0.681. The molecule has 2 aliphatic heterocycles. The smallest absolute Gasteiger partial charge is 0.155 e. The first kappa shape index (κ1) is 12.1. The van der Waals surface area contributed by atoms with Crippen molar-refractivity contribution < 1.29 is 4.79 Å². The van der Waals surface area contributed by atoms with Crippen LogP contribution in [-0.4, -0.2) is 29.3 Å². The molecular formula is C14H25NO. The minimum Gasteiger partial charge on any atom is -0.297 e. The SMILES string of the molecule is CC(C)(C)C(=O)C1CCCC2CCCCN21. The van der Waals surface area contributed by atoms with E-state index in [2.05, 4.69) is 25.7 Å². The maximum absolute atomic E-state index is 12.4. The molecule has 0 radical (unpaired) electrons. The van der Waals surface area contributed by atoms with Gasteiger partial charge in [0.2, 0.25) is 0 Å². The molecule has 0 amide bonds. The number of ketones is 1. The zero-order chi connectivity index (χ0) is 11.8. The zero-order valence-corrected chi connectivity index (χ0v) is 11.0. The summed E-state index contributed by atoms with van der Waals surface area (Å²) in [6.45, 7) is 7.33. The van der Waals surface area contributed by atoms with Crippen LogP contribution in [0.4, 0.5) is 0 Å². The van der Waals surface area contributed by atoms with Crippen molar-refractivity contribution in [1.82, 2.24) is 4.90 Å². The van der Waals surface area contributed by atoms with Gasteiger partial charge in [-0.1, -0.05) is 27.2 Å². The predicted molar refractivity (Wildman–Crippen MR) is 66.4 cm³/mol. The van der Waals surface area contributed by atoms with Crippen LogP contribution in [0.3, 0.4) is 0 Å². The minimum absolute atomic E-state index is 0.177. The number of rotatable bonds is 1. The number of hydrogen-bond acceptors (Lipinski definition) is 2. The molecule has 0 bridgehead atoms. The fourth-order valence-corrected chi connectivity index (χ4v) is 3.24. The molecule has 2 rings (SSSR count). The third kappa shape index (κ3) is 2.32. The molecule has 2 nitrogen and oxygen atoms in total. The Morgan fingerprint density at radius 2 is 1.75 bits per heavy atom. The first-order chi connectivity index (χ1) is 7.50. The first-order valence-corrected chi connectivity index (χ1v) is 6.80. The number of hydrogen-bond donors (Lipinski definition) is 0. The molecule has 2 atom stereocenters. The van der Waals surface area contributed by atoms with E-state index in [1.54, 1.807) is 0 Å². The summed E-state index contributed by atoms with van der Waals surface area (Å²) >= 11 is 0. The Morgan fingerprint density at radius 3 is 2.44 bits per heavy atom. The number of Topliss-reactive ketones (excluding diaryl/α,β-unsaturated/α-hetero) is 1. The van der Waals surface area contributed by atoms with Crippen LogP contribution in [0.5, 0.6) is 0 Å². The van der Waals surface area contributed by atoms with Gasteiger partial charge in [-0.3, -0.25) is 9.69 Å². The van der Waals surface area contributed by atoms with Gasteiger partial charge in [0.15, 0.2) is 5.78 Å². The van der Waals surface area contributed by atoms with Crippen molar-refractivity contribution in [3.8, 4) is 0 Å². The standard InChI is InChI=1S/C14H25NO/c1-14(2,3)13(16)12-9-6-8-11-7-4-5-10-15(11)12/h11-12H,4-10H2,1-3H3. The van der Waals surface area contributed by atoms with Gasteiger partial charge >= 0.3 is 0 Å². The van der Waals surface area contributed by atoms with Crippen LogP contribution in [0.2, 0.25) is 0 Å². The van der Waals surface area contributed by atoms with Crippen LogP contribution in [0.1, 0.15) is 59.3 Å². The van der Waals surface area contributed by atoms with Crippen LogP contribution in [0.25, 0.3) is 0 Å². The normalized spacial score (nSPS) is 32.2. The molecule has 92 valence electrons. The van der Waals surface area contributed by atoms with Crippen LogP contribution in [0, 0.1) is 5.41 Å². The van der Waals surface area contributed by atoms with Gasteiger partial charge in [-0.15, -0.1) is 0 Å². The highest BCUT2D eigenvalue weighted by Gasteiger charge is 2.39. The van der Waals surface area contributed by atoms with Crippen molar-refractivity contribution in [2.45, 2.75) is 71.4 Å². The third-order valence-electron chi connectivity index (χ3n) is 4.13. The Labute approximate surface area is 99.4 Å². The number of fused-ring (bicyclic) bond motifs is 1. The predicted octanol–water partition coefficient (Wildman–Crippen LogP) is 3.01. The molecule has 16 heavy (non-hydrogen) atoms. The first-order valence-electron chi connectivity index (χ1n) is 6.80. The largest absolute Gasteiger partial charge is 0.297 e. The van der Waals surface area contributed by atoms with Gasteiger partial charge < -0.3 is 0 Å². The maximum atomic E-state index is 12.4. The molecule has 0 aromatic rings. The van der Waals surface area contributed by atoms with Gasteiger partial charge in [-0.2, -0.15) is 0 Å². The lowest BCUT2D eigenvalue weighted by Gasteiger charge is -2.45. The van der Waals surface area contributed by atoms with Crippen LogP contribution in [-0.2, 0) is 4.79 Å². The maximum Gasteiger partial charge on any atom is 0.155 e. The van der Waals surface area contributed by atoms with Gasteiger partial charge in [-0.25, -0.2) is 0 Å². The average molecular weight is 223 g/mol. The second-order valence-corrected chi connectivity index (χ2v) is 6.45. The number of carbonyl (C=O) groups excluding carboxylic acids is 1. The fourth-order valence-electron chi connectivity index (χ4n) is 3.24. The summed E-state index contributed by atoms with van der Waals surface area (Å²) in [5, 5.41) is 0. The van der Waals surface area contributed by atoms with E-state index in [1.165, 1.54) is 32.1 Å². The zero-order valence-electron chi connectivity index (χ0n) is 11.0. The van der Waals surface area contributed by atoms with Crippen molar-refractivity contribution in [3.63, 3.8) is 0 Å². The highest BCUT2D eigenvalue weighted by atomic mass is 16.1. The van der Waals surface area contributed by atoms with E-state index in [1.807, 2.05) is 0 Å². The van der Waals surface area contributed by atoms with Crippen LogP contribution >= 0.6 is 0 Å². The molecule has 0 aliphatic carbocycles. The molecular weight excluding hydrogens is 198 g/mol. The Morgan fingerprint density at radius 1 is 1.06 bits per heavy atom. The summed E-state index contributed by atoms with van der Waals surface area (Å²) in [4.78, 5) is 14.9. The summed E-state index contributed by atoms with van der Waals surface area (Å²) in [6, 6.07) is 0.929. The molecule has 2 saturated heterocycles. The highest BCUT2D eigenvalue weighted by molar-refractivity contribution is 5.88. The monoisotopic (exact) mass is 223 g/mol. The van der Waals surface area contributed by atoms with Crippen molar-refractivity contribution in [1.29, 1.82) is 0 Å². The van der Waals surface area contributed by atoms with Gasteiger partial charge in [0.05, 0.1) is 6.04 Å². The molecule has 0 saturated carbocycles. The molecule has 2 fully saturated rings. The van der Waals surface area contributed by atoms with Crippen LogP contribution in [0.15, 0.2) is 0 Å². The Bertz CT molecular complexity index is 264. The second-order valence-electron chi connectivity index (χ2n) is 6.45. The van der Waals surface area contributed by atoms with E-state index in [-0.39, 0.29) is 11.5 Å². The van der Waals surface area contributed by atoms with Crippen molar-refractivity contribution in [3.05, 3.63) is 0 Å². The summed E-state index contributed by atoms with van der Waals surface area (Å²) in [7, 11) is 0. The lowest BCUT2D eigenvalue weighted by molar-refractivity contribution is -0.135. The van der Waals surface area contributed by atoms with Gasteiger partial charge in [0.25, 0.3) is 0 Å². The van der Waals surface area contributed by atoms with E-state index in [0.717, 1.165) is 13.0 Å². The van der Waals surface area contributed by atoms with E-state index in [4.69, 9.17) is 0 Å². The molecule has 0 N–H and O–H groups in total. The molecule has 2 aliphatic rings. The van der Waals surface area contributed by atoms with Gasteiger partial charge in [-0.05, 0) is 38.6 Å². The molecule has 0 spiro atoms. The lowest BCUT2D eigenvalue weighted by atomic mass is 9.79. The summed E-state index contributed by atoms with van der Waals surface area (Å²) in [5.41, 5.74) is -0.177. The van der Waals surface area contributed by atoms with Crippen LogP contribution < -0.4 is 0 Å². The number of piperidine rings is 2. The Kier molecular flexibility index (Phi) is 3.39. The minimum atomic E-state index is -0.177. The average Bonchev–Trinajstić information content (AvgIpc) is 2.26. The van der Waals surface area contributed by atoms with E-state index >= 15 is 0 Å². The van der Waals surface area contributed by atoms with Crippen molar-refractivity contribution >= 4 is 5.78 Å². The fraction of sp³-hybridized carbons (Fsp3) is 0.929. The van der Waals surface area contributed by atoms with E-state index < -0.39 is 0 Å². The molecule has 0 aromatic heterocycles. The Hall–Kier alpha value is -0.370. The topological polar surface area (TPSA) is 20.3 Å². The summed E-state index contributed by atoms with van der Waals surface area (Å²) < 4.78 is 0. The second kappa shape index (κ2) is 4.48. The third-order valence-corrected chi connectivity index (χ3v) is 4.13. The highest BCUT2D eigenvalue weighted by Crippen LogP contribution is 2.33. The van der Waals surface area contributed by atoms with Crippen molar-refractivity contribution in [2.24, 2.45) is 5.41 Å². The van der Waals surface area contributed by atoms with Crippen molar-refractivity contribution in [2.75, 3.05) is 6.54 Å². The molecule has 2 heteroatoms.